The fourth-order valence-corrected chi connectivity index (χ4v) is 2.90. The zero-order chi connectivity index (χ0) is 8.32. The van der Waals surface area contributed by atoms with Crippen molar-refractivity contribution in [3.63, 3.8) is 0 Å². The number of thiol groups is 1. The molecular weight excluding hydrogens is 180 g/mol. The van der Waals surface area contributed by atoms with Gasteiger partial charge in [-0.15, -0.1) is 11.8 Å². The van der Waals surface area contributed by atoms with Crippen LogP contribution >= 0.6 is 24.4 Å². The highest BCUT2D eigenvalue weighted by Gasteiger charge is 2.35. The minimum Gasteiger partial charge on any atom is -0.353 e. The molecule has 1 fully saturated rings. The molecule has 1 atom stereocenters. The summed E-state index contributed by atoms with van der Waals surface area (Å²) in [4.78, 5) is 0. The summed E-state index contributed by atoms with van der Waals surface area (Å²) >= 11 is 6.24. The largest absolute Gasteiger partial charge is 0.353 e. The van der Waals surface area contributed by atoms with Crippen LogP contribution < -0.4 is 0 Å². The Labute approximate surface area is 77.4 Å². The molecule has 1 saturated heterocycles. The molecule has 2 nitrogen and oxygen atoms in total. The smallest absolute Gasteiger partial charge is 0.170 e. The molecule has 1 aliphatic heterocycles. The van der Waals surface area contributed by atoms with Crippen LogP contribution in [0.25, 0.3) is 0 Å². The normalized spacial score (nSPS) is 30.3. The molecule has 0 aromatic heterocycles. The lowest BCUT2D eigenvalue weighted by Crippen LogP contribution is -2.39. The Morgan fingerprint density at radius 3 is 2.45 bits per heavy atom. The molecule has 11 heavy (non-hydrogen) atoms. The summed E-state index contributed by atoms with van der Waals surface area (Å²) in [6, 6.07) is 0. The predicted octanol–water partition coefficient (Wildman–Crippen LogP) is 1.76. The van der Waals surface area contributed by atoms with Gasteiger partial charge < -0.3 is 9.47 Å². The van der Waals surface area contributed by atoms with Crippen molar-refractivity contribution in [3.05, 3.63) is 0 Å². The summed E-state index contributed by atoms with van der Waals surface area (Å²) in [5.74, 6) is 0.702. The van der Waals surface area contributed by atoms with Gasteiger partial charge in [0.05, 0.1) is 4.58 Å². The molecule has 0 aromatic carbocycles. The third-order valence-electron chi connectivity index (χ3n) is 2.02. The van der Waals surface area contributed by atoms with E-state index < -0.39 is 0 Å². The van der Waals surface area contributed by atoms with Gasteiger partial charge in [-0.2, -0.15) is 12.6 Å². The summed E-state index contributed by atoms with van der Waals surface area (Å²) in [7, 11) is 3.39. The van der Waals surface area contributed by atoms with E-state index in [4.69, 9.17) is 9.47 Å². The molecule has 0 aromatic rings. The fourth-order valence-electron chi connectivity index (χ4n) is 1.23. The number of thioether (sulfide) groups is 1. The number of hydrogen-bond donors (Lipinski definition) is 1. The Balaban J connectivity index is 2.52. The summed E-state index contributed by atoms with van der Waals surface area (Å²) in [5, 5.41) is 0. The second-order valence-corrected chi connectivity index (χ2v) is 4.88. The Hall–Kier alpha value is 0.620. The van der Waals surface area contributed by atoms with Crippen molar-refractivity contribution < 1.29 is 9.47 Å². The van der Waals surface area contributed by atoms with Crippen molar-refractivity contribution in [2.24, 2.45) is 0 Å². The zero-order valence-electron chi connectivity index (χ0n) is 6.87. The van der Waals surface area contributed by atoms with E-state index in [-0.39, 0.29) is 5.79 Å². The molecule has 0 bridgehead atoms. The molecule has 0 N–H and O–H groups in total. The monoisotopic (exact) mass is 194 g/mol. The number of ether oxygens (including phenoxy) is 2. The molecule has 1 aliphatic rings. The maximum Gasteiger partial charge on any atom is 0.170 e. The van der Waals surface area contributed by atoms with Gasteiger partial charge in [0.15, 0.2) is 5.79 Å². The van der Waals surface area contributed by atoms with Crippen LogP contribution in [0.5, 0.6) is 0 Å². The van der Waals surface area contributed by atoms with E-state index in [2.05, 4.69) is 12.6 Å². The highest BCUT2D eigenvalue weighted by atomic mass is 32.2. The molecule has 1 rings (SSSR count). The topological polar surface area (TPSA) is 18.5 Å². The summed E-state index contributed by atoms with van der Waals surface area (Å²) in [6.07, 6.45) is 1.83. The second-order valence-electron chi connectivity index (χ2n) is 2.60. The highest BCUT2D eigenvalue weighted by Crippen LogP contribution is 2.36. The van der Waals surface area contributed by atoms with Gasteiger partial charge in [-0.05, 0) is 5.75 Å². The van der Waals surface area contributed by atoms with E-state index in [0.717, 1.165) is 18.6 Å². The van der Waals surface area contributed by atoms with Gasteiger partial charge >= 0.3 is 0 Å². The first kappa shape index (κ1) is 9.71. The molecule has 1 heterocycles. The van der Waals surface area contributed by atoms with E-state index >= 15 is 0 Å². The van der Waals surface area contributed by atoms with Gasteiger partial charge in [0.2, 0.25) is 0 Å². The Kier molecular flexibility index (Phi) is 3.55. The van der Waals surface area contributed by atoms with Gasteiger partial charge in [-0.25, -0.2) is 0 Å². The summed E-state index contributed by atoms with van der Waals surface area (Å²) in [6.45, 7) is 0. The number of methoxy groups -OCH3 is 2. The lowest BCUT2D eigenvalue weighted by Gasteiger charge is -2.36. The van der Waals surface area contributed by atoms with E-state index in [1.807, 2.05) is 11.8 Å². The van der Waals surface area contributed by atoms with Crippen LogP contribution in [0, 0.1) is 0 Å². The third kappa shape index (κ3) is 2.28. The third-order valence-corrected chi connectivity index (χ3v) is 3.64. The molecule has 0 spiro atoms. The average Bonchev–Trinajstić information content (AvgIpc) is 2.04. The first-order chi connectivity index (χ1) is 5.22. The van der Waals surface area contributed by atoms with Crippen molar-refractivity contribution >= 4 is 24.4 Å². The van der Waals surface area contributed by atoms with Crippen molar-refractivity contribution in [1.82, 2.24) is 0 Å². The average molecular weight is 194 g/mol. The quantitative estimate of drug-likeness (QED) is 0.534. The maximum atomic E-state index is 5.31. The van der Waals surface area contributed by atoms with Crippen molar-refractivity contribution in [3.8, 4) is 0 Å². The highest BCUT2D eigenvalue weighted by molar-refractivity contribution is 8.10. The van der Waals surface area contributed by atoms with Gasteiger partial charge in [-0.3, -0.25) is 0 Å². The van der Waals surface area contributed by atoms with Crippen molar-refractivity contribution in [2.75, 3.05) is 20.0 Å². The van der Waals surface area contributed by atoms with E-state index in [0.29, 0.717) is 4.58 Å². The van der Waals surface area contributed by atoms with Crippen LogP contribution in [0.2, 0.25) is 0 Å². The Bertz CT molecular complexity index is 126. The maximum absolute atomic E-state index is 5.31. The van der Waals surface area contributed by atoms with Gasteiger partial charge in [0, 0.05) is 27.1 Å². The van der Waals surface area contributed by atoms with E-state index in [9.17, 15) is 0 Å². The van der Waals surface area contributed by atoms with E-state index in [1.54, 1.807) is 14.2 Å². The van der Waals surface area contributed by atoms with Crippen LogP contribution in [-0.2, 0) is 9.47 Å². The SMILES string of the molecule is COC1(OC)CCS[C@H](S)C1. The first-order valence-electron chi connectivity index (χ1n) is 3.62. The lowest BCUT2D eigenvalue weighted by molar-refractivity contribution is -0.210. The van der Waals surface area contributed by atoms with Crippen LogP contribution in [0.4, 0.5) is 0 Å². The summed E-state index contributed by atoms with van der Waals surface area (Å²) in [5.41, 5.74) is 0. The van der Waals surface area contributed by atoms with Gasteiger partial charge in [0.1, 0.15) is 0 Å². The zero-order valence-corrected chi connectivity index (χ0v) is 8.58. The molecule has 0 saturated carbocycles. The van der Waals surface area contributed by atoms with Gasteiger partial charge in [-0.1, -0.05) is 0 Å². The molecule has 4 heteroatoms. The van der Waals surface area contributed by atoms with E-state index in [1.165, 1.54) is 0 Å². The van der Waals surface area contributed by atoms with Crippen LogP contribution in [0.15, 0.2) is 0 Å². The predicted molar refractivity (Wildman–Crippen MR) is 51.2 cm³/mol. The van der Waals surface area contributed by atoms with Crippen molar-refractivity contribution in [1.29, 1.82) is 0 Å². The molecule has 0 amide bonds. The van der Waals surface area contributed by atoms with Crippen LogP contribution in [-0.4, -0.2) is 30.3 Å². The number of hydrogen-bond acceptors (Lipinski definition) is 4. The lowest BCUT2D eigenvalue weighted by atomic mass is 10.1. The minimum atomic E-state index is -0.363. The minimum absolute atomic E-state index is 0.351. The second kappa shape index (κ2) is 4.03. The van der Waals surface area contributed by atoms with Crippen molar-refractivity contribution in [2.45, 2.75) is 23.2 Å². The molecule has 66 valence electrons. The number of rotatable bonds is 2. The molecular formula is C7H14O2S2. The standard InChI is InChI=1S/C7H14O2S2/c1-8-7(9-2)3-4-11-6(10)5-7/h6,10H,3-5H2,1-2H3/t6-/m0/s1. The van der Waals surface area contributed by atoms with Crippen LogP contribution in [0.1, 0.15) is 12.8 Å². The van der Waals surface area contributed by atoms with Gasteiger partial charge in [0.25, 0.3) is 0 Å². The molecule has 0 radical (unpaired) electrons. The molecule has 0 aliphatic carbocycles. The Morgan fingerprint density at radius 1 is 1.45 bits per heavy atom. The molecule has 0 unspecified atom stereocenters. The fraction of sp³-hybridized carbons (Fsp3) is 1.00. The first-order valence-corrected chi connectivity index (χ1v) is 5.19. The van der Waals surface area contributed by atoms with Crippen LogP contribution in [0.3, 0.4) is 0 Å². The Morgan fingerprint density at radius 2 is 2.09 bits per heavy atom. The summed E-state index contributed by atoms with van der Waals surface area (Å²) < 4.78 is 11.0.